The summed E-state index contributed by atoms with van der Waals surface area (Å²) < 4.78 is 0. The summed E-state index contributed by atoms with van der Waals surface area (Å²) in [4.78, 5) is 10.8. The van der Waals surface area contributed by atoms with Crippen molar-refractivity contribution in [2.45, 2.75) is 52.1 Å². The van der Waals surface area contributed by atoms with Gasteiger partial charge in [0.05, 0.1) is 6.04 Å². The van der Waals surface area contributed by atoms with E-state index >= 15 is 0 Å². The number of ketones is 1. The van der Waals surface area contributed by atoms with Gasteiger partial charge in [0, 0.05) is 6.04 Å². The Labute approximate surface area is 81.1 Å². The Morgan fingerprint density at radius 2 is 2.00 bits per heavy atom. The Hall–Kier alpha value is -0.410. The lowest BCUT2D eigenvalue weighted by molar-refractivity contribution is -0.118. The molecule has 0 heterocycles. The summed E-state index contributed by atoms with van der Waals surface area (Å²) in [6.07, 6.45) is 2.94. The summed E-state index contributed by atoms with van der Waals surface area (Å²) in [5.41, 5.74) is 5.59. The number of unbranched alkanes of at least 4 members (excludes halogenated alkanes) is 1. The second-order valence-electron chi connectivity index (χ2n) is 3.82. The third-order valence-corrected chi connectivity index (χ3v) is 2.02. The molecule has 0 saturated carbocycles. The zero-order valence-electron chi connectivity index (χ0n) is 8.97. The summed E-state index contributed by atoms with van der Waals surface area (Å²) in [6, 6.07) is 0.292. The third-order valence-electron chi connectivity index (χ3n) is 2.02. The van der Waals surface area contributed by atoms with Gasteiger partial charge >= 0.3 is 0 Å². The van der Waals surface area contributed by atoms with Crippen LogP contribution in [-0.2, 0) is 4.79 Å². The van der Waals surface area contributed by atoms with Gasteiger partial charge in [-0.15, -0.1) is 0 Å². The van der Waals surface area contributed by atoms with E-state index in [1.807, 2.05) is 0 Å². The first-order chi connectivity index (χ1) is 6.04. The second-order valence-corrected chi connectivity index (χ2v) is 3.82. The van der Waals surface area contributed by atoms with Crippen LogP contribution < -0.4 is 11.1 Å². The first-order valence-corrected chi connectivity index (χ1v) is 5.03. The van der Waals surface area contributed by atoms with Crippen molar-refractivity contribution in [3.05, 3.63) is 0 Å². The molecular weight excluding hydrogens is 164 g/mol. The van der Waals surface area contributed by atoms with Gasteiger partial charge < -0.3 is 11.1 Å². The summed E-state index contributed by atoms with van der Waals surface area (Å²) in [6.45, 7) is 6.82. The summed E-state index contributed by atoms with van der Waals surface area (Å²) in [7, 11) is 0. The zero-order valence-corrected chi connectivity index (χ0v) is 8.97. The van der Waals surface area contributed by atoms with Crippen molar-refractivity contribution in [2.24, 2.45) is 5.73 Å². The van der Waals surface area contributed by atoms with Gasteiger partial charge in [-0.2, -0.15) is 0 Å². The predicted molar refractivity (Wildman–Crippen MR) is 55.6 cm³/mol. The van der Waals surface area contributed by atoms with Crippen molar-refractivity contribution >= 4 is 5.78 Å². The van der Waals surface area contributed by atoms with Gasteiger partial charge in [-0.1, -0.05) is 20.3 Å². The number of hydrogen-bond donors (Lipinski definition) is 2. The molecule has 0 radical (unpaired) electrons. The molecule has 78 valence electrons. The lowest BCUT2D eigenvalue weighted by atomic mass is 10.1. The molecule has 0 amide bonds. The molecule has 0 aliphatic carbocycles. The zero-order chi connectivity index (χ0) is 10.3. The molecule has 3 nitrogen and oxygen atoms in total. The Morgan fingerprint density at radius 1 is 1.38 bits per heavy atom. The van der Waals surface area contributed by atoms with Crippen LogP contribution in [0, 0.1) is 0 Å². The average Bonchev–Trinajstić information content (AvgIpc) is 2.02. The van der Waals surface area contributed by atoms with Crippen molar-refractivity contribution in [2.75, 3.05) is 6.54 Å². The van der Waals surface area contributed by atoms with Gasteiger partial charge in [-0.25, -0.2) is 0 Å². The van der Waals surface area contributed by atoms with E-state index < -0.39 is 0 Å². The number of rotatable bonds is 7. The Morgan fingerprint density at radius 3 is 2.46 bits per heavy atom. The minimum Gasteiger partial charge on any atom is -0.322 e. The van der Waals surface area contributed by atoms with E-state index in [1.165, 1.54) is 0 Å². The maximum atomic E-state index is 10.8. The van der Waals surface area contributed by atoms with Crippen LogP contribution in [0.2, 0.25) is 0 Å². The highest BCUT2D eigenvalue weighted by Crippen LogP contribution is 1.99. The van der Waals surface area contributed by atoms with E-state index in [2.05, 4.69) is 19.2 Å². The van der Waals surface area contributed by atoms with Gasteiger partial charge in [0.25, 0.3) is 0 Å². The Balaban J connectivity index is 3.21. The van der Waals surface area contributed by atoms with E-state index in [9.17, 15) is 4.79 Å². The minimum atomic E-state index is -0.251. The van der Waals surface area contributed by atoms with Gasteiger partial charge in [0.2, 0.25) is 0 Å². The monoisotopic (exact) mass is 186 g/mol. The fourth-order valence-electron chi connectivity index (χ4n) is 1.08. The number of nitrogens with one attached hydrogen (secondary N) is 1. The molecule has 0 aliphatic rings. The van der Waals surface area contributed by atoms with Crippen LogP contribution in [0.4, 0.5) is 0 Å². The normalized spacial score (nSPS) is 13.3. The number of carbonyl (C=O) groups is 1. The largest absolute Gasteiger partial charge is 0.322 e. The molecule has 0 fully saturated rings. The molecule has 0 spiro atoms. The molecule has 3 heteroatoms. The van der Waals surface area contributed by atoms with Crippen LogP contribution in [-0.4, -0.2) is 24.4 Å². The van der Waals surface area contributed by atoms with Crippen molar-refractivity contribution in [1.29, 1.82) is 0 Å². The van der Waals surface area contributed by atoms with Gasteiger partial charge in [-0.3, -0.25) is 4.79 Å². The lowest BCUT2D eigenvalue weighted by Gasteiger charge is -2.09. The van der Waals surface area contributed by atoms with Gasteiger partial charge in [-0.05, 0) is 26.3 Å². The van der Waals surface area contributed by atoms with E-state index in [0.717, 1.165) is 25.8 Å². The smallest absolute Gasteiger partial charge is 0.146 e. The van der Waals surface area contributed by atoms with Crippen molar-refractivity contribution in [3.63, 3.8) is 0 Å². The molecule has 0 aromatic heterocycles. The SMILES string of the molecule is CC(=O)[C@H](N)CCCCNC(C)C. The number of Topliss-reactive ketones (excluding diaryl/α,β-unsaturated/α-hetero) is 1. The first kappa shape index (κ1) is 12.6. The van der Waals surface area contributed by atoms with Gasteiger partial charge in [0.1, 0.15) is 5.78 Å². The molecule has 0 aromatic rings. The molecule has 13 heavy (non-hydrogen) atoms. The molecule has 3 N–H and O–H groups in total. The maximum absolute atomic E-state index is 10.8. The van der Waals surface area contributed by atoms with Crippen LogP contribution in [0.1, 0.15) is 40.0 Å². The fourth-order valence-corrected chi connectivity index (χ4v) is 1.08. The second kappa shape index (κ2) is 7.04. The van der Waals surface area contributed by atoms with Crippen LogP contribution in [0.15, 0.2) is 0 Å². The lowest BCUT2D eigenvalue weighted by Crippen LogP contribution is -2.28. The van der Waals surface area contributed by atoms with Crippen LogP contribution in [0.3, 0.4) is 0 Å². The minimum absolute atomic E-state index is 0.0943. The standard InChI is InChI=1S/C10H22N2O/c1-8(2)12-7-5-4-6-10(11)9(3)13/h8,10,12H,4-7,11H2,1-3H3/t10-/m1/s1. The molecule has 0 aromatic carbocycles. The average molecular weight is 186 g/mol. The number of nitrogens with two attached hydrogens (primary N) is 1. The molecule has 0 aliphatic heterocycles. The topological polar surface area (TPSA) is 55.1 Å². The molecule has 0 saturated heterocycles. The van der Waals surface area contributed by atoms with Crippen molar-refractivity contribution in [1.82, 2.24) is 5.32 Å². The Kier molecular flexibility index (Phi) is 6.82. The highest BCUT2D eigenvalue weighted by Gasteiger charge is 2.06. The third kappa shape index (κ3) is 7.94. The van der Waals surface area contributed by atoms with Crippen molar-refractivity contribution < 1.29 is 4.79 Å². The van der Waals surface area contributed by atoms with E-state index in [-0.39, 0.29) is 11.8 Å². The predicted octanol–water partition coefficient (Wildman–Crippen LogP) is 1.07. The van der Waals surface area contributed by atoms with E-state index in [1.54, 1.807) is 6.92 Å². The summed E-state index contributed by atoms with van der Waals surface area (Å²) >= 11 is 0. The molecular formula is C10H22N2O. The summed E-state index contributed by atoms with van der Waals surface area (Å²) in [5.74, 6) is 0.0943. The van der Waals surface area contributed by atoms with Gasteiger partial charge in [0.15, 0.2) is 0 Å². The van der Waals surface area contributed by atoms with Crippen molar-refractivity contribution in [3.8, 4) is 0 Å². The number of carbonyl (C=O) groups excluding carboxylic acids is 1. The molecule has 1 atom stereocenters. The Bertz CT molecular complexity index is 146. The van der Waals surface area contributed by atoms with Crippen LogP contribution >= 0.6 is 0 Å². The highest BCUT2D eigenvalue weighted by atomic mass is 16.1. The maximum Gasteiger partial charge on any atom is 0.146 e. The van der Waals surface area contributed by atoms with E-state index in [4.69, 9.17) is 5.73 Å². The van der Waals surface area contributed by atoms with Crippen LogP contribution in [0.5, 0.6) is 0 Å². The fraction of sp³-hybridized carbons (Fsp3) is 0.900. The quantitative estimate of drug-likeness (QED) is 0.585. The number of hydrogen-bond acceptors (Lipinski definition) is 3. The molecule has 0 rings (SSSR count). The molecule has 0 unspecified atom stereocenters. The highest BCUT2D eigenvalue weighted by molar-refractivity contribution is 5.80. The van der Waals surface area contributed by atoms with Crippen LogP contribution in [0.25, 0.3) is 0 Å². The van der Waals surface area contributed by atoms with E-state index in [0.29, 0.717) is 6.04 Å². The summed E-state index contributed by atoms with van der Waals surface area (Å²) in [5, 5.41) is 3.32. The first-order valence-electron chi connectivity index (χ1n) is 5.03. The molecule has 0 bridgehead atoms.